The highest BCUT2D eigenvalue weighted by atomic mass is 16.2. The smallest absolute Gasteiger partial charge is 0.329 e. The highest BCUT2D eigenvalue weighted by Crippen LogP contribution is 2.32. The number of benzene rings is 1. The number of nitrogens with zero attached hydrogens (tertiary/aromatic N) is 6. The van der Waals surface area contributed by atoms with Crippen LogP contribution in [0.3, 0.4) is 0 Å². The average molecular weight is 423 g/mol. The molecule has 0 radical (unpaired) electrons. The first-order chi connectivity index (χ1) is 15.2. The number of imidazole rings is 1. The van der Waals surface area contributed by atoms with Gasteiger partial charge in [0.25, 0.3) is 0 Å². The zero-order valence-corrected chi connectivity index (χ0v) is 18.2. The van der Waals surface area contributed by atoms with Crippen molar-refractivity contribution in [1.29, 1.82) is 0 Å². The van der Waals surface area contributed by atoms with Crippen LogP contribution in [0.4, 0.5) is 0 Å². The number of carbonyl (C=O) groups excluding carboxylic acids is 1. The molecule has 2 aromatic heterocycles. The molecule has 0 bridgehead atoms. The fourth-order valence-electron chi connectivity index (χ4n) is 5.18. The van der Waals surface area contributed by atoms with Crippen molar-refractivity contribution in [3.05, 3.63) is 46.4 Å². The Labute approximate surface area is 181 Å². The largest absolute Gasteiger partial charge is 0.331 e. The van der Waals surface area contributed by atoms with Crippen LogP contribution in [-0.2, 0) is 30.8 Å². The lowest BCUT2D eigenvalue weighted by Gasteiger charge is -2.25. The summed E-state index contributed by atoms with van der Waals surface area (Å²) in [5.74, 6) is 1.95. The number of amides is 1. The number of hydrogen-bond donors (Lipinski definition) is 0. The molecule has 0 saturated carbocycles. The maximum Gasteiger partial charge on any atom is 0.329 e. The summed E-state index contributed by atoms with van der Waals surface area (Å²) in [7, 11) is 0. The van der Waals surface area contributed by atoms with Crippen LogP contribution in [0.25, 0.3) is 11.0 Å². The molecule has 3 aromatic rings. The molecule has 1 amide bonds. The van der Waals surface area contributed by atoms with Gasteiger partial charge in [0.1, 0.15) is 12.4 Å². The molecule has 8 nitrogen and oxygen atoms in total. The van der Waals surface area contributed by atoms with Gasteiger partial charge in [0.15, 0.2) is 5.82 Å². The Morgan fingerprint density at radius 2 is 1.84 bits per heavy atom. The Kier molecular flexibility index (Phi) is 5.38. The van der Waals surface area contributed by atoms with Gasteiger partial charge in [-0.3, -0.25) is 13.9 Å². The number of hydrogen-bond acceptors (Lipinski definition) is 4. The third-order valence-electron chi connectivity index (χ3n) is 6.68. The average Bonchev–Trinajstić information content (AvgIpc) is 3.43. The number of fused-ring (bicyclic) bond motifs is 2. The lowest BCUT2D eigenvalue weighted by atomic mass is 10.2. The second kappa shape index (κ2) is 8.32. The van der Waals surface area contributed by atoms with Gasteiger partial charge in [-0.2, -0.15) is 0 Å². The van der Waals surface area contributed by atoms with Crippen molar-refractivity contribution in [3.63, 3.8) is 0 Å². The molecule has 1 aromatic carbocycles. The Balaban J connectivity index is 1.44. The predicted octanol–water partition coefficient (Wildman–Crippen LogP) is 2.89. The summed E-state index contributed by atoms with van der Waals surface area (Å²) in [5.41, 5.74) is 1.60. The van der Waals surface area contributed by atoms with Gasteiger partial charge in [-0.15, -0.1) is 10.2 Å². The van der Waals surface area contributed by atoms with E-state index < -0.39 is 0 Å². The highest BCUT2D eigenvalue weighted by molar-refractivity contribution is 5.81. The zero-order valence-electron chi connectivity index (χ0n) is 18.2. The van der Waals surface area contributed by atoms with E-state index in [9.17, 15) is 9.59 Å². The summed E-state index contributed by atoms with van der Waals surface area (Å²) in [4.78, 5) is 28.4. The van der Waals surface area contributed by atoms with E-state index in [0.717, 1.165) is 67.8 Å². The predicted molar refractivity (Wildman–Crippen MR) is 118 cm³/mol. The molecule has 2 aliphatic rings. The van der Waals surface area contributed by atoms with Crippen molar-refractivity contribution < 1.29 is 4.79 Å². The summed E-state index contributed by atoms with van der Waals surface area (Å²) < 4.78 is 5.65. The van der Waals surface area contributed by atoms with E-state index >= 15 is 0 Å². The minimum absolute atomic E-state index is 0.0185. The van der Waals surface area contributed by atoms with Crippen LogP contribution in [0.15, 0.2) is 29.1 Å². The van der Waals surface area contributed by atoms with Gasteiger partial charge in [-0.05, 0) is 44.2 Å². The van der Waals surface area contributed by atoms with Gasteiger partial charge < -0.3 is 9.47 Å². The number of rotatable bonds is 5. The summed E-state index contributed by atoms with van der Waals surface area (Å²) in [6.45, 7) is 4.40. The van der Waals surface area contributed by atoms with E-state index in [4.69, 9.17) is 0 Å². The topological polar surface area (TPSA) is 78.0 Å². The van der Waals surface area contributed by atoms with E-state index in [1.54, 1.807) is 9.13 Å². The minimum Gasteiger partial charge on any atom is -0.331 e. The Bertz CT molecular complexity index is 1160. The third-order valence-corrected chi connectivity index (χ3v) is 6.68. The number of aromatic nitrogens is 5. The molecule has 1 atom stereocenters. The van der Waals surface area contributed by atoms with E-state index in [1.165, 1.54) is 6.42 Å². The van der Waals surface area contributed by atoms with Gasteiger partial charge in [0.05, 0.1) is 17.1 Å². The summed E-state index contributed by atoms with van der Waals surface area (Å²) in [5, 5.41) is 8.94. The molecule has 5 rings (SSSR count). The van der Waals surface area contributed by atoms with Crippen molar-refractivity contribution in [2.45, 2.75) is 77.5 Å². The molecule has 4 heterocycles. The molecular weight excluding hydrogens is 392 g/mol. The molecule has 0 N–H and O–H groups in total. The Morgan fingerprint density at radius 3 is 2.65 bits per heavy atom. The maximum absolute atomic E-state index is 13.4. The van der Waals surface area contributed by atoms with Crippen LogP contribution in [0.1, 0.15) is 63.1 Å². The number of carbonyl (C=O) groups is 1. The van der Waals surface area contributed by atoms with Crippen molar-refractivity contribution >= 4 is 16.9 Å². The van der Waals surface area contributed by atoms with Crippen LogP contribution in [0, 0.1) is 0 Å². The second-order valence-electron chi connectivity index (χ2n) is 8.69. The molecule has 164 valence electrons. The first-order valence-corrected chi connectivity index (χ1v) is 11.6. The van der Waals surface area contributed by atoms with Crippen molar-refractivity contribution in [3.8, 4) is 0 Å². The highest BCUT2D eigenvalue weighted by Gasteiger charge is 2.34. The van der Waals surface area contributed by atoms with E-state index in [-0.39, 0.29) is 24.2 Å². The lowest BCUT2D eigenvalue weighted by molar-refractivity contribution is -0.133. The fraction of sp³-hybridized carbons (Fsp3) is 0.565. The lowest BCUT2D eigenvalue weighted by Crippen LogP contribution is -2.37. The third kappa shape index (κ3) is 3.47. The SMILES string of the molecule is CCCn1c(=O)n(CC(=O)N2CCCC2c2nnc3n2CCCCC3)c2ccccc21. The molecule has 31 heavy (non-hydrogen) atoms. The standard InChI is InChI=1S/C23H30N6O2/c1-2-13-27-17-9-5-6-10-18(17)29(23(27)31)16-21(30)26-15-8-11-19(26)22-25-24-20-12-4-3-7-14-28(20)22/h5-6,9-10,19H,2-4,7-8,11-16H2,1H3. The van der Waals surface area contributed by atoms with Gasteiger partial charge >= 0.3 is 5.69 Å². The number of para-hydroxylation sites is 2. The van der Waals surface area contributed by atoms with Crippen LogP contribution in [0.5, 0.6) is 0 Å². The van der Waals surface area contributed by atoms with Crippen molar-refractivity contribution in [1.82, 2.24) is 28.8 Å². The number of likely N-dealkylation sites (tertiary alicyclic amines) is 1. The summed E-state index contributed by atoms with van der Waals surface area (Å²) in [6.07, 6.45) is 7.16. The first kappa shape index (κ1) is 20.0. The second-order valence-corrected chi connectivity index (χ2v) is 8.69. The van der Waals surface area contributed by atoms with Gasteiger partial charge in [-0.25, -0.2) is 4.79 Å². The van der Waals surface area contributed by atoms with E-state index in [2.05, 4.69) is 21.7 Å². The first-order valence-electron chi connectivity index (χ1n) is 11.6. The van der Waals surface area contributed by atoms with Crippen LogP contribution in [0.2, 0.25) is 0 Å². The monoisotopic (exact) mass is 422 g/mol. The maximum atomic E-state index is 13.4. The molecule has 1 saturated heterocycles. The van der Waals surface area contributed by atoms with Crippen molar-refractivity contribution in [2.75, 3.05) is 6.54 Å². The number of aryl methyl sites for hydroxylation is 2. The zero-order chi connectivity index (χ0) is 21.4. The quantitative estimate of drug-likeness (QED) is 0.633. The molecule has 0 spiro atoms. The van der Waals surface area contributed by atoms with E-state index in [0.29, 0.717) is 13.1 Å². The molecular formula is C23H30N6O2. The minimum atomic E-state index is -0.108. The van der Waals surface area contributed by atoms with Crippen LogP contribution >= 0.6 is 0 Å². The van der Waals surface area contributed by atoms with Gasteiger partial charge in [0, 0.05) is 26.1 Å². The Morgan fingerprint density at radius 1 is 1.03 bits per heavy atom. The fourth-order valence-corrected chi connectivity index (χ4v) is 5.18. The van der Waals surface area contributed by atoms with Crippen LogP contribution in [-0.4, -0.2) is 41.3 Å². The summed E-state index contributed by atoms with van der Waals surface area (Å²) in [6, 6.07) is 7.69. The molecule has 8 heteroatoms. The molecule has 1 fully saturated rings. The van der Waals surface area contributed by atoms with E-state index in [1.807, 2.05) is 29.2 Å². The normalized spacial score (nSPS) is 19.0. The summed E-state index contributed by atoms with van der Waals surface area (Å²) >= 11 is 0. The molecule has 1 unspecified atom stereocenters. The van der Waals surface area contributed by atoms with Crippen LogP contribution < -0.4 is 5.69 Å². The molecule has 2 aliphatic heterocycles. The van der Waals surface area contributed by atoms with Gasteiger partial charge in [-0.1, -0.05) is 25.5 Å². The van der Waals surface area contributed by atoms with Gasteiger partial charge in [0.2, 0.25) is 5.91 Å². The molecule has 0 aliphatic carbocycles. The van der Waals surface area contributed by atoms with Crippen molar-refractivity contribution in [2.24, 2.45) is 0 Å². The Hall–Kier alpha value is -2.90.